The minimum atomic E-state index is 0.723. The molecule has 0 saturated carbocycles. The van der Waals surface area contributed by atoms with Gasteiger partial charge in [0.25, 0.3) is 0 Å². The zero-order valence-corrected chi connectivity index (χ0v) is 16.7. The van der Waals surface area contributed by atoms with E-state index in [1.54, 1.807) is 0 Å². The lowest BCUT2D eigenvalue weighted by Crippen LogP contribution is -2.26. The van der Waals surface area contributed by atoms with Gasteiger partial charge in [-0.05, 0) is 37.4 Å². The normalized spacial score (nSPS) is 12.1. The molecule has 0 unspecified atom stereocenters. The Balaban J connectivity index is 1.70. The molecule has 0 spiro atoms. The van der Waals surface area contributed by atoms with Crippen molar-refractivity contribution in [1.82, 2.24) is 24.0 Å². The van der Waals surface area contributed by atoms with E-state index < -0.39 is 0 Å². The third-order valence-corrected chi connectivity index (χ3v) is 5.29. The van der Waals surface area contributed by atoms with E-state index in [9.17, 15) is 0 Å². The SMILES string of the molecule is CCN(CC)CCn1c(/N=C/c2nc3ccccc3n2C)nc2ccccc21. The van der Waals surface area contributed by atoms with Crippen LogP contribution in [-0.4, -0.2) is 49.9 Å². The second-order valence-electron chi connectivity index (χ2n) is 6.85. The van der Waals surface area contributed by atoms with Crippen molar-refractivity contribution in [2.24, 2.45) is 12.0 Å². The Bertz CT molecular complexity index is 1120. The van der Waals surface area contributed by atoms with Gasteiger partial charge in [-0.3, -0.25) is 0 Å². The zero-order chi connectivity index (χ0) is 19.5. The van der Waals surface area contributed by atoms with Crippen molar-refractivity contribution in [1.29, 1.82) is 0 Å². The molecule has 28 heavy (non-hydrogen) atoms. The molecule has 0 radical (unpaired) electrons. The number of hydrogen-bond donors (Lipinski definition) is 0. The van der Waals surface area contributed by atoms with Gasteiger partial charge >= 0.3 is 0 Å². The van der Waals surface area contributed by atoms with Crippen molar-refractivity contribution in [2.75, 3.05) is 19.6 Å². The van der Waals surface area contributed by atoms with Crippen molar-refractivity contribution < 1.29 is 0 Å². The van der Waals surface area contributed by atoms with Crippen LogP contribution in [0.3, 0.4) is 0 Å². The second-order valence-corrected chi connectivity index (χ2v) is 6.85. The van der Waals surface area contributed by atoms with Crippen LogP contribution in [-0.2, 0) is 13.6 Å². The number of likely N-dealkylation sites (N-methyl/N-ethyl adjacent to an activating group) is 1. The lowest BCUT2D eigenvalue weighted by Gasteiger charge is -2.18. The fourth-order valence-electron chi connectivity index (χ4n) is 3.56. The molecule has 6 heteroatoms. The highest BCUT2D eigenvalue weighted by atomic mass is 15.2. The first kappa shape index (κ1) is 18.4. The highest BCUT2D eigenvalue weighted by Crippen LogP contribution is 2.22. The van der Waals surface area contributed by atoms with Gasteiger partial charge in [0.1, 0.15) is 0 Å². The van der Waals surface area contributed by atoms with Gasteiger partial charge in [-0.25, -0.2) is 15.0 Å². The summed E-state index contributed by atoms with van der Waals surface area (Å²) in [4.78, 5) is 16.6. The molecule has 0 aliphatic carbocycles. The van der Waals surface area contributed by atoms with Gasteiger partial charge in [0.15, 0.2) is 5.82 Å². The van der Waals surface area contributed by atoms with E-state index in [4.69, 9.17) is 9.98 Å². The molecule has 4 aromatic rings. The lowest BCUT2D eigenvalue weighted by atomic mass is 10.3. The molecule has 2 aromatic heterocycles. The first-order chi connectivity index (χ1) is 13.7. The highest BCUT2D eigenvalue weighted by molar-refractivity contribution is 5.86. The van der Waals surface area contributed by atoms with Crippen LogP contribution >= 0.6 is 0 Å². The monoisotopic (exact) mass is 374 g/mol. The van der Waals surface area contributed by atoms with Crippen molar-refractivity contribution in [3.63, 3.8) is 0 Å². The maximum Gasteiger partial charge on any atom is 0.230 e. The molecule has 0 aliphatic heterocycles. The van der Waals surface area contributed by atoms with Gasteiger partial charge in [0, 0.05) is 20.1 Å². The summed E-state index contributed by atoms with van der Waals surface area (Å²) in [5.74, 6) is 1.55. The molecule has 0 N–H and O–H groups in total. The van der Waals surface area contributed by atoms with Gasteiger partial charge in [0.2, 0.25) is 5.95 Å². The maximum atomic E-state index is 4.75. The van der Waals surface area contributed by atoms with Crippen LogP contribution < -0.4 is 0 Å². The molecule has 0 aliphatic rings. The molecule has 2 heterocycles. The molecule has 0 amide bonds. The number of aromatic nitrogens is 4. The summed E-state index contributed by atoms with van der Waals surface area (Å²) in [7, 11) is 2.01. The third kappa shape index (κ3) is 3.43. The molecule has 2 aromatic carbocycles. The number of fused-ring (bicyclic) bond motifs is 2. The number of para-hydroxylation sites is 4. The highest BCUT2D eigenvalue weighted by Gasteiger charge is 2.11. The van der Waals surface area contributed by atoms with Gasteiger partial charge in [-0.15, -0.1) is 0 Å². The minimum absolute atomic E-state index is 0.723. The molecule has 0 atom stereocenters. The summed E-state index contributed by atoms with van der Waals surface area (Å²) in [6, 6.07) is 16.3. The van der Waals surface area contributed by atoms with E-state index >= 15 is 0 Å². The van der Waals surface area contributed by atoms with Crippen molar-refractivity contribution in [2.45, 2.75) is 20.4 Å². The van der Waals surface area contributed by atoms with Gasteiger partial charge in [-0.1, -0.05) is 38.1 Å². The van der Waals surface area contributed by atoms with Crippen LogP contribution in [0.15, 0.2) is 53.5 Å². The summed E-state index contributed by atoms with van der Waals surface area (Å²) >= 11 is 0. The Morgan fingerprint density at radius 1 is 0.929 bits per heavy atom. The summed E-state index contributed by atoms with van der Waals surface area (Å²) < 4.78 is 4.26. The molecule has 4 rings (SSSR count). The largest absolute Gasteiger partial charge is 0.326 e. The van der Waals surface area contributed by atoms with Crippen LogP contribution in [0.25, 0.3) is 22.1 Å². The topological polar surface area (TPSA) is 51.2 Å². The van der Waals surface area contributed by atoms with Crippen LogP contribution in [0, 0.1) is 0 Å². The summed E-state index contributed by atoms with van der Waals surface area (Å²) in [6.45, 7) is 8.31. The molecule has 6 nitrogen and oxygen atoms in total. The number of rotatable bonds is 7. The van der Waals surface area contributed by atoms with E-state index in [2.05, 4.69) is 51.1 Å². The van der Waals surface area contributed by atoms with Crippen LogP contribution in [0.4, 0.5) is 5.95 Å². The predicted octanol–water partition coefficient (Wildman–Crippen LogP) is 4.02. The fraction of sp³-hybridized carbons (Fsp3) is 0.318. The Hall–Kier alpha value is -2.99. The second kappa shape index (κ2) is 7.94. The molecule has 0 bridgehead atoms. The smallest absolute Gasteiger partial charge is 0.230 e. The van der Waals surface area contributed by atoms with E-state index in [1.165, 1.54) is 0 Å². The first-order valence-corrected chi connectivity index (χ1v) is 9.84. The minimum Gasteiger partial charge on any atom is -0.326 e. The van der Waals surface area contributed by atoms with Crippen LogP contribution in [0.1, 0.15) is 19.7 Å². The summed E-state index contributed by atoms with van der Waals surface area (Å²) in [5, 5.41) is 0. The van der Waals surface area contributed by atoms with Crippen LogP contribution in [0.5, 0.6) is 0 Å². The van der Waals surface area contributed by atoms with E-state index in [-0.39, 0.29) is 0 Å². The van der Waals surface area contributed by atoms with Gasteiger partial charge in [0.05, 0.1) is 28.3 Å². The molecule has 0 saturated heterocycles. The maximum absolute atomic E-state index is 4.75. The van der Waals surface area contributed by atoms with Gasteiger partial charge < -0.3 is 14.0 Å². The average molecular weight is 374 g/mol. The van der Waals surface area contributed by atoms with E-state index in [0.29, 0.717) is 0 Å². The van der Waals surface area contributed by atoms with E-state index in [1.807, 2.05) is 43.6 Å². The number of benzene rings is 2. The van der Waals surface area contributed by atoms with Gasteiger partial charge in [-0.2, -0.15) is 0 Å². The Kier molecular flexibility index (Phi) is 5.21. The molecular weight excluding hydrogens is 348 g/mol. The lowest BCUT2D eigenvalue weighted by molar-refractivity contribution is 0.292. The standard InChI is InChI=1S/C22H26N6/c1-4-27(5-2)14-15-28-20-13-9-7-11-18(20)25-22(28)23-16-21-24-17-10-6-8-12-19(17)26(21)3/h6-13,16H,4-5,14-15H2,1-3H3/b23-16+. The zero-order valence-electron chi connectivity index (χ0n) is 16.7. The predicted molar refractivity (Wildman–Crippen MR) is 115 cm³/mol. The van der Waals surface area contributed by atoms with E-state index in [0.717, 1.165) is 60.0 Å². The number of aryl methyl sites for hydroxylation is 1. The van der Waals surface area contributed by atoms with Crippen LogP contribution in [0.2, 0.25) is 0 Å². The average Bonchev–Trinajstić information content (AvgIpc) is 3.25. The number of imidazole rings is 2. The summed E-state index contributed by atoms with van der Waals surface area (Å²) in [5.41, 5.74) is 4.16. The Morgan fingerprint density at radius 2 is 1.57 bits per heavy atom. The number of hydrogen-bond acceptors (Lipinski definition) is 4. The van der Waals surface area contributed by atoms with Crippen molar-refractivity contribution >= 4 is 34.2 Å². The third-order valence-electron chi connectivity index (χ3n) is 5.29. The Labute approximate surface area is 165 Å². The molecule has 0 fully saturated rings. The van der Waals surface area contributed by atoms with Crippen molar-refractivity contribution in [3.05, 3.63) is 54.4 Å². The molecular formula is C22H26N6. The molecule has 144 valence electrons. The quantitative estimate of drug-likeness (QED) is 0.459. The Morgan fingerprint density at radius 3 is 2.25 bits per heavy atom. The van der Waals surface area contributed by atoms with Crippen molar-refractivity contribution in [3.8, 4) is 0 Å². The number of nitrogens with zero attached hydrogens (tertiary/aromatic N) is 6. The first-order valence-electron chi connectivity index (χ1n) is 9.84. The fourth-order valence-corrected chi connectivity index (χ4v) is 3.56. The summed E-state index contributed by atoms with van der Waals surface area (Å²) in [6.07, 6.45) is 1.81. The number of aliphatic imine (C=N–C) groups is 1.